The molecule has 1 fully saturated rings. The molecule has 1 N–H and O–H groups in total. The summed E-state index contributed by atoms with van der Waals surface area (Å²) in [6.45, 7) is 4.64. The Morgan fingerprint density at radius 1 is 1.64 bits per heavy atom. The van der Waals surface area contributed by atoms with Gasteiger partial charge in [-0.3, -0.25) is 4.90 Å². The van der Waals surface area contributed by atoms with Crippen molar-refractivity contribution in [1.82, 2.24) is 4.90 Å². The zero-order valence-corrected chi connectivity index (χ0v) is 9.39. The van der Waals surface area contributed by atoms with E-state index < -0.39 is 0 Å². The lowest BCUT2D eigenvalue weighted by molar-refractivity contribution is 0.154. The molecule has 0 aliphatic carbocycles. The van der Waals surface area contributed by atoms with Crippen molar-refractivity contribution in [3.8, 4) is 0 Å². The van der Waals surface area contributed by atoms with Crippen LogP contribution < -0.4 is 0 Å². The molecule has 1 aromatic rings. The minimum Gasteiger partial charge on any atom is -0.395 e. The molecule has 0 amide bonds. The highest BCUT2D eigenvalue weighted by Crippen LogP contribution is 2.23. The number of hydrogen-bond acceptors (Lipinski definition) is 3. The number of rotatable bonds is 3. The maximum absolute atomic E-state index is 9.20. The van der Waals surface area contributed by atoms with E-state index in [9.17, 15) is 5.11 Å². The van der Waals surface area contributed by atoms with Gasteiger partial charge in [-0.05, 0) is 43.3 Å². The third kappa shape index (κ3) is 2.00. The Labute approximate surface area is 89.2 Å². The average Bonchev–Trinajstić information content (AvgIpc) is 2.77. The highest BCUT2D eigenvalue weighted by molar-refractivity contribution is 7.10. The van der Waals surface area contributed by atoms with Gasteiger partial charge in [-0.1, -0.05) is 0 Å². The first-order valence-corrected chi connectivity index (χ1v) is 6.07. The fourth-order valence-corrected chi connectivity index (χ4v) is 2.99. The van der Waals surface area contributed by atoms with Gasteiger partial charge in [-0.2, -0.15) is 0 Å². The molecule has 0 saturated carbocycles. The number of aliphatic hydroxyl groups is 1. The molecular formula is C11H17NOS. The molecule has 0 radical (unpaired) electrons. The number of aliphatic hydroxyl groups excluding tert-OH is 1. The SMILES string of the molecule is Cc1ccsc1CN1CCC[C@@H]1CO. The summed E-state index contributed by atoms with van der Waals surface area (Å²) in [5.74, 6) is 0. The zero-order chi connectivity index (χ0) is 9.97. The highest BCUT2D eigenvalue weighted by atomic mass is 32.1. The molecule has 0 bridgehead atoms. The van der Waals surface area contributed by atoms with Crippen molar-refractivity contribution in [3.05, 3.63) is 21.9 Å². The molecule has 1 aliphatic heterocycles. The van der Waals surface area contributed by atoms with Crippen LogP contribution in [0.2, 0.25) is 0 Å². The van der Waals surface area contributed by atoms with Crippen LogP contribution in [0.15, 0.2) is 11.4 Å². The summed E-state index contributed by atoms with van der Waals surface area (Å²) in [5, 5.41) is 11.3. The molecule has 0 aromatic carbocycles. The van der Waals surface area contributed by atoms with Crippen molar-refractivity contribution in [3.63, 3.8) is 0 Å². The van der Waals surface area contributed by atoms with Gasteiger partial charge >= 0.3 is 0 Å². The molecule has 1 atom stereocenters. The fourth-order valence-electron chi connectivity index (χ4n) is 2.06. The number of likely N-dealkylation sites (tertiary alicyclic amines) is 1. The normalized spacial score (nSPS) is 23.1. The lowest BCUT2D eigenvalue weighted by Crippen LogP contribution is -2.31. The minimum absolute atomic E-state index is 0.310. The molecule has 2 heterocycles. The van der Waals surface area contributed by atoms with Crippen LogP contribution in [0.1, 0.15) is 23.3 Å². The molecule has 2 rings (SSSR count). The van der Waals surface area contributed by atoms with Crippen LogP contribution >= 0.6 is 11.3 Å². The van der Waals surface area contributed by atoms with E-state index in [4.69, 9.17) is 0 Å². The topological polar surface area (TPSA) is 23.5 Å². The van der Waals surface area contributed by atoms with E-state index in [1.54, 1.807) is 0 Å². The van der Waals surface area contributed by atoms with Gasteiger partial charge in [0.25, 0.3) is 0 Å². The lowest BCUT2D eigenvalue weighted by Gasteiger charge is -2.22. The Balaban J connectivity index is 2.00. The Hall–Kier alpha value is -0.380. The summed E-state index contributed by atoms with van der Waals surface area (Å²) in [6, 6.07) is 2.57. The Morgan fingerprint density at radius 2 is 2.50 bits per heavy atom. The van der Waals surface area contributed by atoms with Crippen LogP contribution in [0.3, 0.4) is 0 Å². The Bertz CT molecular complexity index is 297. The van der Waals surface area contributed by atoms with E-state index in [2.05, 4.69) is 23.3 Å². The zero-order valence-electron chi connectivity index (χ0n) is 8.57. The van der Waals surface area contributed by atoms with Gasteiger partial charge in [0.2, 0.25) is 0 Å². The van der Waals surface area contributed by atoms with Crippen molar-refractivity contribution in [2.75, 3.05) is 13.2 Å². The summed E-state index contributed by atoms with van der Waals surface area (Å²) >= 11 is 1.83. The molecule has 0 unspecified atom stereocenters. The number of hydrogen-bond donors (Lipinski definition) is 1. The van der Waals surface area contributed by atoms with E-state index in [1.165, 1.54) is 16.9 Å². The van der Waals surface area contributed by atoms with Gasteiger partial charge < -0.3 is 5.11 Å². The van der Waals surface area contributed by atoms with Crippen molar-refractivity contribution in [2.24, 2.45) is 0 Å². The third-order valence-electron chi connectivity index (χ3n) is 3.02. The van der Waals surface area contributed by atoms with Gasteiger partial charge in [0.05, 0.1) is 6.61 Å². The number of aryl methyl sites for hydroxylation is 1. The van der Waals surface area contributed by atoms with Crippen molar-refractivity contribution in [2.45, 2.75) is 32.4 Å². The molecule has 1 saturated heterocycles. The van der Waals surface area contributed by atoms with Crippen molar-refractivity contribution >= 4 is 11.3 Å². The quantitative estimate of drug-likeness (QED) is 0.826. The van der Waals surface area contributed by atoms with Crippen LogP contribution in [-0.2, 0) is 6.54 Å². The summed E-state index contributed by atoms with van der Waals surface area (Å²) in [5.41, 5.74) is 1.39. The first-order chi connectivity index (χ1) is 6.81. The van der Waals surface area contributed by atoms with Gasteiger partial charge in [-0.15, -0.1) is 11.3 Å². The molecular weight excluding hydrogens is 194 g/mol. The Kier molecular flexibility index (Phi) is 3.21. The van der Waals surface area contributed by atoms with E-state index in [0.29, 0.717) is 12.6 Å². The summed E-state index contributed by atoms with van der Waals surface area (Å²) in [6.07, 6.45) is 2.39. The summed E-state index contributed by atoms with van der Waals surface area (Å²) < 4.78 is 0. The van der Waals surface area contributed by atoms with E-state index in [1.807, 2.05) is 11.3 Å². The van der Waals surface area contributed by atoms with Crippen molar-refractivity contribution in [1.29, 1.82) is 0 Å². The second-order valence-corrected chi connectivity index (χ2v) is 4.98. The maximum Gasteiger partial charge on any atom is 0.0587 e. The molecule has 78 valence electrons. The van der Waals surface area contributed by atoms with Crippen LogP contribution in [0.5, 0.6) is 0 Å². The second-order valence-electron chi connectivity index (χ2n) is 3.98. The molecule has 1 aromatic heterocycles. The first-order valence-electron chi connectivity index (χ1n) is 5.19. The summed E-state index contributed by atoms with van der Waals surface area (Å²) in [7, 11) is 0. The fraction of sp³-hybridized carbons (Fsp3) is 0.636. The van der Waals surface area contributed by atoms with E-state index >= 15 is 0 Å². The number of thiophene rings is 1. The Morgan fingerprint density at radius 3 is 3.14 bits per heavy atom. The van der Waals surface area contributed by atoms with Gasteiger partial charge in [0.15, 0.2) is 0 Å². The maximum atomic E-state index is 9.20. The molecule has 14 heavy (non-hydrogen) atoms. The van der Waals surface area contributed by atoms with Crippen LogP contribution in [0.4, 0.5) is 0 Å². The second kappa shape index (κ2) is 4.43. The molecule has 3 heteroatoms. The summed E-state index contributed by atoms with van der Waals surface area (Å²) in [4.78, 5) is 3.85. The third-order valence-corrected chi connectivity index (χ3v) is 4.03. The lowest BCUT2D eigenvalue weighted by atomic mass is 10.2. The number of nitrogens with zero attached hydrogens (tertiary/aromatic N) is 1. The minimum atomic E-state index is 0.310. The van der Waals surface area contributed by atoms with Crippen molar-refractivity contribution < 1.29 is 5.11 Å². The standard InChI is InChI=1S/C11H17NOS/c1-9-4-6-14-11(9)7-12-5-2-3-10(12)8-13/h4,6,10,13H,2-3,5,7-8H2,1H3/t10-/m1/s1. The van der Waals surface area contributed by atoms with Crippen LogP contribution in [0.25, 0.3) is 0 Å². The van der Waals surface area contributed by atoms with E-state index in [-0.39, 0.29) is 0 Å². The largest absolute Gasteiger partial charge is 0.395 e. The average molecular weight is 211 g/mol. The molecule has 0 spiro atoms. The van der Waals surface area contributed by atoms with Gasteiger partial charge in [0, 0.05) is 17.5 Å². The van der Waals surface area contributed by atoms with Gasteiger partial charge in [0.1, 0.15) is 0 Å². The van der Waals surface area contributed by atoms with Crippen LogP contribution in [-0.4, -0.2) is 29.2 Å². The monoisotopic (exact) mass is 211 g/mol. The predicted octanol–water partition coefficient (Wildman–Crippen LogP) is 2.01. The van der Waals surface area contributed by atoms with E-state index in [0.717, 1.165) is 19.5 Å². The van der Waals surface area contributed by atoms with Crippen LogP contribution in [0, 0.1) is 6.92 Å². The van der Waals surface area contributed by atoms with Gasteiger partial charge in [-0.25, -0.2) is 0 Å². The molecule has 1 aliphatic rings. The predicted molar refractivity (Wildman–Crippen MR) is 59.6 cm³/mol. The first kappa shape index (κ1) is 10.1. The molecule has 2 nitrogen and oxygen atoms in total. The smallest absolute Gasteiger partial charge is 0.0587 e. The highest BCUT2D eigenvalue weighted by Gasteiger charge is 2.24.